The Bertz CT molecular complexity index is 1520. The molecule has 4 aliphatic heterocycles. The topological polar surface area (TPSA) is 131 Å². The Balaban J connectivity index is 1.11. The summed E-state index contributed by atoms with van der Waals surface area (Å²) in [6.45, 7) is 4.73. The first kappa shape index (κ1) is 33.5. The van der Waals surface area contributed by atoms with Crippen molar-refractivity contribution in [2.45, 2.75) is 76.0 Å². The molecule has 0 unspecified atom stereocenters. The maximum Gasteiger partial charge on any atom is 0.318 e. The van der Waals surface area contributed by atoms with Crippen molar-refractivity contribution in [1.82, 2.24) is 24.3 Å². The van der Waals surface area contributed by atoms with Gasteiger partial charge in [-0.15, -0.1) is 0 Å². The fourth-order valence-corrected chi connectivity index (χ4v) is 10.1. The predicted molar refractivity (Wildman–Crippen MR) is 186 cm³/mol. The second-order valence-corrected chi connectivity index (χ2v) is 16.2. The summed E-state index contributed by atoms with van der Waals surface area (Å²) in [5.41, 5.74) is 9.11. The number of benzene rings is 2. The molecule has 0 bridgehead atoms. The molecule has 3 amide bonds. The summed E-state index contributed by atoms with van der Waals surface area (Å²) in [7, 11) is -3.68. The zero-order valence-corrected chi connectivity index (χ0v) is 30.0. The normalized spacial score (nSPS) is 22.1. The summed E-state index contributed by atoms with van der Waals surface area (Å²) in [5.74, 6) is -0.0754. The molecule has 11 nitrogen and oxygen atoms in total. The molecule has 0 saturated carbocycles. The number of urea groups is 1. The minimum absolute atomic E-state index is 0.0754. The van der Waals surface area contributed by atoms with E-state index in [0.717, 1.165) is 46.0 Å². The third kappa shape index (κ3) is 7.51. The van der Waals surface area contributed by atoms with Crippen molar-refractivity contribution >= 4 is 65.4 Å². The van der Waals surface area contributed by atoms with Gasteiger partial charge < -0.3 is 25.8 Å². The number of amides is 3. The van der Waals surface area contributed by atoms with Gasteiger partial charge in [-0.2, -0.15) is 12.7 Å². The van der Waals surface area contributed by atoms with Crippen molar-refractivity contribution in [3.05, 3.63) is 56.5 Å². The number of nitrogens with one attached hydrogen (secondary N) is 2. The van der Waals surface area contributed by atoms with E-state index < -0.39 is 16.3 Å². The average Bonchev–Trinajstić information content (AvgIpc) is 3.06. The maximum absolute atomic E-state index is 14.0. The van der Waals surface area contributed by atoms with Gasteiger partial charge in [-0.05, 0) is 113 Å². The van der Waals surface area contributed by atoms with Crippen molar-refractivity contribution in [1.29, 1.82) is 0 Å². The number of nitrogens with two attached hydrogens (primary N) is 1. The van der Waals surface area contributed by atoms with Crippen LogP contribution in [-0.4, -0.2) is 96.8 Å². The maximum atomic E-state index is 14.0. The van der Waals surface area contributed by atoms with Crippen LogP contribution in [0.25, 0.3) is 0 Å². The average molecular weight is 782 g/mol. The van der Waals surface area contributed by atoms with Gasteiger partial charge in [-0.1, -0.05) is 24.6 Å². The second-order valence-electron chi connectivity index (χ2n) is 12.9. The number of nitrogen functional groups attached to an aromatic ring is 1. The van der Waals surface area contributed by atoms with Gasteiger partial charge in [0.2, 0.25) is 5.91 Å². The summed E-state index contributed by atoms with van der Waals surface area (Å²) in [6, 6.07) is 10.4. The molecular weight excluding hydrogens is 738 g/mol. The highest BCUT2D eigenvalue weighted by atomic mass is 79.9. The molecule has 3 fully saturated rings. The number of carbonyl (C=O) groups is 2. The molecule has 2 aromatic rings. The second kappa shape index (κ2) is 14.4. The van der Waals surface area contributed by atoms with Crippen LogP contribution in [0, 0.1) is 0 Å². The number of rotatable bonds is 6. The van der Waals surface area contributed by atoms with Crippen LogP contribution in [0.1, 0.15) is 56.1 Å². The third-order valence-corrected chi connectivity index (χ3v) is 12.7. The molecule has 46 heavy (non-hydrogen) atoms. The van der Waals surface area contributed by atoms with E-state index >= 15 is 0 Å². The van der Waals surface area contributed by atoms with Crippen molar-refractivity contribution in [3.63, 3.8) is 0 Å². The van der Waals surface area contributed by atoms with Crippen molar-refractivity contribution < 1.29 is 18.0 Å². The van der Waals surface area contributed by atoms with Crippen LogP contribution in [-0.2, 0) is 28.0 Å². The number of fused-ring (bicyclic) bond motifs is 1. The number of likely N-dealkylation sites (tertiary alicyclic amines) is 3. The number of nitrogens with zero attached hydrogens (tertiary/aromatic N) is 4. The standard InChI is InChI=1S/C32H43Br2N7O4S/c33-26-18-22(19-27(34)30(26)35)20-29(31(42)39-14-8-24(9-15-39)38-12-4-1-5-13-38)36-32(43)40-16-10-25(11-17-40)41-21-23-6-2-3-7-28(23)37-46(41,44)45/h2-3,6-7,18-19,24-25,29,37H,1,4-5,8-17,20-21,35H2,(H,36,43)/t29-/m1/s1. The van der Waals surface area contributed by atoms with E-state index in [1.165, 1.54) is 23.6 Å². The molecule has 1 atom stereocenters. The van der Waals surface area contributed by atoms with Crippen LogP contribution in [0.4, 0.5) is 16.2 Å². The van der Waals surface area contributed by atoms with E-state index in [1.54, 1.807) is 11.0 Å². The summed E-state index contributed by atoms with van der Waals surface area (Å²) in [4.78, 5) is 33.9. The summed E-state index contributed by atoms with van der Waals surface area (Å²) in [5, 5.41) is 3.06. The largest absolute Gasteiger partial charge is 0.397 e. The van der Waals surface area contributed by atoms with E-state index in [9.17, 15) is 18.0 Å². The van der Waals surface area contributed by atoms with Crippen molar-refractivity contribution in [3.8, 4) is 0 Å². The summed E-state index contributed by atoms with van der Waals surface area (Å²) >= 11 is 7.02. The molecule has 3 saturated heterocycles. The van der Waals surface area contributed by atoms with Crippen LogP contribution in [0.5, 0.6) is 0 Å². The Labute approximate surface area is 288 Å². The van der Waals surface area contributed by atoms with Gasteiger partial charge in [0, 0.05) is 60.2 Å². The lowest BCUT2D eigenvalue weighted by Crippen LogP contribution is -2.57. The minimum atomic E-state index is -3.68. The summed E-state index contributed by atoms with van der Waals surface area (Å²) in [6.07, 6.45) is 7.02. The molecule has 2 aromatic carbocycles. The van der Waals surface area contributed by atoms with Gasteiger partial charge in [0.15, 0.2) is 0 Å². The molecule has 0 aromatic heterocycles. The quantitative estimate of drug-likeness (QED) is 0.370. The van der Waals surface area contributed by atoms with Crippen LogP contribution in [0.15, 0.2) is 45.3 Å². The Hall–Kier alpha value is -2.39. The van der Waals surface area contributed by atoms with Gasteiger partial charge >= 0.3 is 16.2 Å². The third-order valence-electron chi connectivity index (χ3n) is 9.91. The first-order valence-corrected chi connectivity index (χ1v) is 19.3. The zero-order valence-electron chi connectivity index (χ0n) is 26.0. The van der Waals surface area contributed by atoms with E-state index in [1.807, 2.05) is 35.2 Å². The molecule has 4 N–H and O–H groups in total. The number of carbonyl (C=O) groups excluding carboxylic acids is 2. The van der Waals surface area contributed by atoms with Crippen molar-refractivity contribution in [2.75, 3.05) is 49.7 Å². The molecule has 6 rings (SSSR count). The predicted octanol–water partition coefficient (Wildman–Crippen LogP) is 4.53. The zero-order chi connectivity index (χ0) is 32.4. The monoisotopic (exact) mass is 779 g/mol. The van der Waals surface area contributed by atoms with Crippen LogP contribution in [0.3, 0.4) is 0 Å². The number of hydrogen-bond donors (Lipinski definition) is 3. The summed E-state index contributed by atoms with van der Waals surface area (Å²) < 4.78 is 31.7. The molecule has 250 valence electrons. The van der Waals surface area contributed by atoms with Gasteiger partial charge in [0.05, 0.1) is 11.4 Å². The lowest BCUT2D eigenvalue weighted by Gasteiger charge is -2.41. The van der Waals surface area contributed by atoms with Gasteiger partial charge in [-0.25, -0.2) is 4.79 Å². The number of para-hydroxylation sites is 1. The Morgan fingerprint density at radius 3 is 2.17 bits per heavy atom. The smallest absolute Gasteiger partial charge is 0.318 e. The number of hydrogen-bond acceptors (Lipinski definition) is 6. The lowest BCUT2D eigenvalue weighted by atomic mass is 9.98. The van der Waals surface area contributed by atoms with E-state index in [4.69, 9.17) is 5.73 Å². The van der Waals surface area contributed by atoms with E-state index in [2.05, 4.69) is 46.8 Å². The highest BCUT2D eigenvalue weighted by Gasteiger charge is 2.38. The number of halogens is 2. The van der Waals surface area contributed by atoms with Crippen LogP contribution < -0.4 is 15.8 Å². The lowest BCUT2D eigenvalue weighted by molar-refractivity contribution is -0.134. The van der Waals surface area contributed by atoms with Crippen molar-refractivity contribution in [2.24, 2.45) is 0 Å². The first-order chi connectivity index (χ1) is 22.1. The molecular formula is C32H43Br2N7O4S. The first-order valence-electron chi connectivity index (χ1n) is 16.3. The fraction of sp³-hybridized carbons (Fsp3) is 0.562. The van der Waals surface area contributed by atoms with E-state index in [0.29, 0.717) is 69.4 Å². The van der Waals surface area contributed by atoms with Gasteiger partial charge in [0.25, 0.3) is 0 Å². The van der Waals surface area contributed by atoms with Crippen LogP contribution in [0.2, 0.25) is 0 Å². The fourth-order valence-electron chi connectivity index (χ4n) is 7.28. The number of anilines is 2. The molecule has 14 heteroatoms. The molecule has 4 aliphatic rings. The Morgan fingerprint density at radius 2 is 1.50 bits per heavy atom. The Kier molecular flexibility index (Phi) is 10.5. The molecule has 0 radical (unpaired) electrons. The van der Waals surface area contributed by atoms with Crippen LogP contribution >= 0.6 is 31.9 Å². The molecule has 0 aliphatic carbocycles. The molecule has 4 heterocycles. The highest BCUT2D eigenvalue weighted by Crippen LogP contribution is 2.32. The Morgan fingerprint density at radius 1 is 0.891 bits per heavy atom. The van der Waals surface area contributed by atoms with Gasteiger partial charge in [-0.3, -0.25) is 9.52 Å². The highest BCUT2D eigenvalue weighted by molar-refractivity contribution is 9.11. The SMILES string of the molecule is Nc1c(Br)cc(C[C@@H](NC(=O)N2CCC(N3Cc4ccccc4NS3(=O)=O)CC2)C(=O)N2CCC(N3CCCCC3)CC2)cc1Br. The number of piperidine rings is 3. The minimum Gasteiger partial charge on any atom is -0.397 e. The molecule has 0 spiro atoms. The van der Waals surface area contributed by atoms with E-state index in [-0.39, 0.29) is 18.0 Å². The van der Waals surface area contributed by atoms with Gasteiger partial charge in [0.1, 0.15) is 6.04 Å².